The predicted octanol–water partition coefficient (Wildman–Crippen LogP) is 3.16. The molecule has 82 valence electrons. The Bertz CT molecular complexity index is 749. The van der Waals surface area contributed by atoms with E-state index in [0.29, 0.717) is 5.56 Å². The van der Waals surface area contributed by atoms with Gasteiger partial charge in [0.2, 0.25) is 0 Å². The van der Waals surface area contributed by atoms with Crippen LogP contribution in [0.1, 0.15) is 5.56 Å². The molecule has 0 saturated carbocycles. The van der Waals surface area contributed by atoms with Gasteiger partial charge in [-0.15, -0.1) is 0 Å². The highest BCUT2D eigenvalue weighted by Gasteiger charge is 2.08. The van der Waals surface area contributed by atoms with E-state index < -0.39 is 0 Å². The summed E-state index contributed by atoms with van der Waals surface area (Å²) < 4.78 is 0. The summed E-state index contributed by atoms with van der Waals surface area (Å²) in [5.74, 6) is 0. The van der Waals surface area contributed by atoms with Gasteiger partial charge in [0, 0.05) is 0 Å². The molecule has 0 radical (unpaired) electrons. The van der Waals surface area contributed by atoms with Crippen molar-refractivity contribution in [3.63, 3.8) is 0 Å². The average Bonchev–Trinajstić information content (AvgIpc) is 2.44. The van der Waals surface area contributed by atoms with Crippen LogP contribution in [0.3, 0.4) is 0 Å². The number of fused-ring (bicyclic) bond motifs is 1. The van der Waals surface area contributed by atoms with Crippen LogP contribution in [0.4, 0.5) is 0 Å². The third kappa shape index (κ3) is 1.92. The number of rotatable bonds is 1. The van der Waals surface area contributed by atoms with Crippen LogP contribution >= 0.6 is 0 Å². The Balaban J connectivity index is 2.70. The van der Waals surface area contributed by atoms with E-state index in [4.69, 9.17) is 15.8 Å². The third-order valence-corrected chi connectivity index (χ3v) is 2.62. The van der Waals surface area contributed by atoms with Crippen molar-refractivity contribution in [2.45, 2.75) is 0 Å². The number of hydrogen-bond acceptors (Lipinski definition) is 3. The van der Waals surface area contributed by atoms with Gasteiger partial charge in [-0.1, -0.05) is 36.4 Å². The summed E-state index contributed by atoms with van der Waals surface area (Å²) in [7, 11) is 0. The lowest BCUT2D eigenvalue weighted by Crippen LogP contribution is -1.87. The lowest BCUT2D eigenvalue weighted by atomic mass is 9.99. The van der Waals surface area contributed by atoms with E-state index in [2.05, 4.69) is 0 Å². The van der Waals surface area contributed by atoms with Gasteiger partial charge in [-0.05, 0) is 22.4 Å². The van der Waals surface area contributed by atoms with Crippen molar-refractivity contribution in [1.29, 1.82) is 15.8 Å². The van der Waals surface area contributed by atoms with Crippen LogP contribution in [0, 0.1) is 34.0 Å². The van der Waals surface area contributed by atoms with Gasteiger partial charge in [0.1, 0.15) is 23.8 Å². The minimum atomic E-state index is -0.159. The Morgan fingerprint density at radius 1 is 0.778 bits per heavy atom. The van der Waals surface area contributed by atoms with Crippen molar-refractivity contribution in [2.24, 2.45) is 0 Å². The van der Waals surface area contributed by atoms with Crippen LogP contribution in [-0.4, -0.2) is 0 Å². The molecule has 0 amide bonds. The minimum absolute atomic E-state index is 0.116. The number of benzene rings is 2. The summed E-state index contributed by atoms with van der Waals surface area (Å²) in [4.78, 5) is 0. The van der Waals surface area contributed by atoms with Gasteiger partial charge in [0.25, 0.3) is 0 Å². The van der Waals surface area contributed by atoms with Gasteiger partial charge in [-0.3, -0.25) is 0 Å². The Morgan fingerprint density at radius 3 is 2.06 bits per heavy atom. The van der Waals surface area contributed by atoms with Gasteiger partial charge in [-0.25, -0.2) is 0 Å². The molecule has 2 aromatic rings. The molecule has 0 atom stereocenters. The quantitative estimate of drug-likeness (QED) is 0.705. The summed E-state index contributed by atoms with van der Waals surface area (Å²) in [6.07, 6.45) is 0. The highest BCUT2D eigenvalue weighted by molar-refractivity contribution is 5.91. The fourth-order valence-electron chi connectivity index (χ4n) is 1.75. The number of allylic oxidation sites excluding steroid dienone is 2. The van der Waals surface area contributed by atoms with E-state index in [-0.39, 0.29) is 11.1 Å². The maximum atomic E-state index is 9.07. The second-order valence-corrected chi connectivity index (χ2v) is 3.65. The Hall–Kier alpha value is -3.09. The van der Waals surface area contributed by atoms with Crippen LogP contribution in [0.2, 0.25) is 0 Å². The van der Waals surface area contributed by atoms with Crippen LogP contribution in [-0.2, 0) is 0 Å². The lowest BCUT2D eigenvalue weighted by Gasteiger charge is -2.02. The maximum absolute atomic E-state index is 9.07. The van der Waals surface area contributed by atoms with Gasteiger partial charge in [0.15, 0.2) is 0 Å². The maximum Gasteiger partial charge on any atom is 0.148 e. The van der Waals surface area contributed by atoms with Crippen LogP contribution in [0.25, 0.3) is 16.3 Å². The van der Waals surface area contributed by atoms with Crippen molar-refractivity contribution in [1.82, 2.24) is 0 Å². The fourth-order valence-corrected chi connectivity index (χ4v) is 1.75. The van der Waals surface area contributed by atoms with Crippen LogP contribution in [0.5, 0.6) is 0 Å². The fraction of sp³-hybridized carbons (Fsp3) is 0. The van der Waals surface area contributed by atoms with Crippen LogP contribution in [0.15, 0.2) is 48.0 Å². The van der Waals surface area contributed by atoms with Crippen molar-refractivity contribution >= 4 is 16.3 Å². The molecule has 0 aliphatic carbocycles. The van der Waals surface area contributed by atoms with E-state index in [1.54, 1.807) is 18.2 Å². The molecule has 0 N–H and O–H groups in total. The zero-order valence-corrected chi connectivity index (χ0v) is 9.38. The van der Waals surface area contributed by atoms with Crippen molar-refractivity contribution in [3.8, 4) is 18.2 Å². The molecule has 18 heavy (non-hydrogen) atoms. The van der Waals surface area contributed by atoms with Gasteiger partial charge in [-0.2, -0.15) is 15.8 Å². The van der Waals surface area contributed by atoms with E-state index in [0.717, 1.165) is 10.8 Å². The smallest absolute Gasteiger partial charge is 0.148 e. The Kier molecular flexibility index (Phi) is 3.06. The first-order valence-electron chi connectivity index (χ1n) is 5.24. The molecule has 0 aromatic heterocycles. The molecule has 2 aromatic carbocycles. The summed E-state index contributed by atoms with van der Waals surface area (Å²) in [5.41, 5.74) is 0.549. The first-order valence-corrected chi connectivity index (χ1v) is 5.24. The number of nitrogens with zero attached hydrogens (tertiary/aromatic N) is 3. The largest absolute Gasteiger partial charge is 0.192 e. The average molecular weight is 229 g/mol. The second-order valence-electron chi connectivity index (χ2n) is 3.65. The van der Waals surface area contributed by atoms with E-state index in [1.165, 1.54) is 0 Å². The summed E-state index contributed by atoms with van der Waals surface area (Å²) in [6.45, 7) is 0. The summed E-state index contributed by atoms with van der Waals surface area (Å²) >= 11 is 0. The van der Waals surface area contributed by atoms with Gasteiger partial charge < -0.3 is 0 Å². The highest BCUT2D eigenvalue weighted by atomic mass is 14.3. The second kappa shape index (κ2) is 4.83. The molecule has 0 saturated heterocycles. The number of hydrogen-bond donors (Lipinski definition) is 0. The van der Waals surface area contributed by atoms with Crippen LogP contribution < -0.4 is 0 Å². The molecule has 0 aliphatic heterocycles. The molecule has 0 unspecified atom stereocenters. The van der Waals surface area contributed by atoms with Crippen molar-refractivity contribution in [3.05, 3.63) is 53.6 Å². The molecular weight excluding hydrogens is 222 g/mol. The van der Waals surface area contributed by atoms with Crippen molar-refractivity contribution in [2.75, 3.05) is 0 Å². The molecule has 2 rings (SSSR count). The topological polar surface area (TPSA) is 71.4 Å². The van der Waals surface area contributed by atoms with E-state index >= 15 is 0 Å². The molecule has 0 bridgehead atoms. The summed E-state index contributed by atoms with van der Waals surface area (Å²) in [5, 5.41) is 28.7. The highest BCUT2D eigenvalue weighted by Crippen LogP contribution is 2.22. The molecule has 0 spiro atoms. The lowest BCUT2D eigenvalue weighted by molar-refractivity contribution is 1.45. The SMILES string of the molecule is N#CC(C#N)=C(C#N)c1ccc2ccccc2c1. The Labute approximate surface area is 104 Å². The zero-order chi connectivity index (χ0) is 13.0. The molecule has 3 heteroatoms. The monoisotopic (exact) mass is 229 g/mol. The first-order chi connectivity index (χ1) is 8.80. The predicted molar refractivity (Wildman–Crippen MR) is 67.7 cm³/mol. The van der Waals surface area contributed by atoms with Gasteiger partial charge in [0.05, 0.1) is 5.57 Å². The summed E-state index contributed by atoms with van der Waals surface area (Å²) in [6, 6.07) is 18.5. The molecule has 0 aliphatic rings. The van der Waals surface area contributed by atoms with Gasteiger partial charge >= 0.3 is 0 Å². The Morgan fingerprint density at radius 2 is 1.44 bits per heavy atom. The molecule has 0 heterocycles. The zero-order valence-electron chi connectivity index (χ0n) is 9.38. The van der Waals surface area contributed by atoms with E-state index in [1.807, 2.05) is 42.5 Å². The standard InChI is InChI=1S/C15H7N3/c16-8-14(9-17)15(10-18)13-6-5-11-3-1-2-4-12(11)7-13/h1-7H. The van der Waals surface area contributed by atoms with E-state index in [9.17, 15) is 0 Å². The molecule has 0 fully saturated rings. The molecule has 3 nitrogen and oxygen atoms in total. The minimum Gasteiger partial charge on any atom is -0.192 e. The number of nitriles is 3. The molecular formula is C15H7N3. The van der Waals surface area contributed by atoms with Crippen molar-refractivity contribution < 1.29 is 0 Å². The third-order valence-electron chi connectivity index (χ3n) is 2.62. The normalized spacial score (nSPS) is 8.94. The first kappa shape index (κ1) is 11.4.